The molecule has 0 amide bonds. The number of fused-ring (bicyclic) bond motifs is 1. The zero-order valence-electron chi connectivity index (χ0n) is 12.7. The summed E-state index contributed by atoms with van der Waals surface area (Å²) in [7, 11) is 0. The van der Waals surface area contributed by atoms with Gasteiger partial charge in [0, 0.05) is 24.8 Å². The molecule has 0 fully saturated rings. The van der Waals surface area contributed by atoms with Crippen molar-refractivity contribution in [3.05, 3.63) is 65.2 Å². The predicted molar refractivity (Wildman–Crippen MR) is 89.7 cm³/mol. The first-order valence-electron chi connectivity index (χ1n) is 7.95. The quantitative estimate of drug-likeness (QED) is 0.842. The summed E-state index contributed by atoms with van der Waals surface area (Å²) in [6.45, 7) is 4.31. The van der Waals surface area contributed by atoms with E-state index in [1.54, 1.807) is 0 Å². The summed E-state index contributed by atoms with van der Waals surface area (Å²) in [5, 5.41) is 7.17. The van der Waals surface area contributed by atoms with E-state index in [0.29, 0.717) is 6.04 Å². The molecule has 3 rings (SSSR count). The molecule has 0 radical (unpaired) electrons. The van der Waals surface area contributed by atoms with Gasteiger partial charge in [-0.2, -0.15) is 0 Å². The molecule has 2 heteroatoms. The summed E-state index contributed by atoms with van der Waals surface area (Å²) in [6.07, 6.45) is 3.47. The highest BCUT2D eigenvalue weighted by atomic mass is 14.9. The molecule has 0 spiro atoms. The van der Waals surface area contributed by atoms with Crippen molar-refractivity contribution in [3.63, 3.8) is 0 Å². The molecule has 2 N–H and O–H groups in total. The fraction of sp³-hybridized carbons (Fsp3) is 0.368. The lowest BCUT2D eigenvalue weighted by atomic mass is 10.0. The van der Waals surface area contributed by atoms with Crippen molar-refractivity contribution in [3.8, 4) is 0 Å². The number of para-hydroxylation sites is 1. The largest absolute Gasteiger partial charge is 0.384 e. The van der Waals surface area contributed by atoms with Crippen molar-refractivity contribution >= 4 is 5.69 Å². The van der Waals surface area contributed by atoms with Crippen LogP contribution in [0.25, 0.3) is 0 Å². The molecule has 1 unspecified atom stereocenters. The van der Waals surface area contributed by atoms with Crippen molar-refractivity contribution in [1.82, 2.24) is 5.32 Å². The summed E-state index contributed by atoms with van der Waals surface area (Å²) in [6, 6.07) is 17.9. The van der Waals surface area contributed by atoms with Crippen molar-refractivity contribution in [2.45, 2.75) is 38.8 Å². The minimum atomic E-state index is 0.530. The third-order valence-corrected chi connectivity index (χ3v) is 4.28. The van der Waals surface area contributed by atoms with Crippen LogP contribution in [-0.4, -0.2) is 12.6 Å². The molecular formula is C19H24N2. The number of rotatable bonds is 6. The van der Waals surface area contributed by atoms with Gasteiger partial charge in [0.05, 0.1) is 0 Å². The molecule has 2 nitrogen and oxygen atoms in total. The molecule has 0 saturated heterocycles. The first-order chi connectivity index (χ1) is 10.3. The van der Waals surface area contributed by atoms with E-state index in [9.17, 15) is 0 Å². The van der Waals surface area contributed by atoms with Crippen LogP contribution < -0.4 is 10.6 Å². The lowest BCUT2D eigenvalue weighted by Gasteiger charge is -2.16. The lowest BCUT2D eigenvalue weighted by molar-refractivity contribution is 0.514. The number of hydrogen-bond donors (Lipinski definition) is 2. The smallest absolute Gasteiger partial charge is 0.0419 e. The Morgan fingerprint density at radius 2 is 1.95 bits per heavy atom. The van der Waals surface area contributed by atoms with Crippen molar-refractivity contribution in [2.75, 3.05) is 11.9 Å². The van der Waals surface area contributed by atoms with Gasteiger partial charge in [0.15, 0.2) is 0 Å². The minimum Gasteiger partial charge on any atom is -0.384 e. The maximum Gasteiger partial charge on any atom is 0.0419 e. The number of nitrogens with one attached hydrogen (secondary N) is 2. The molecule has 0 saturated carbocycles. The molecule has 0 aliphatic carbocycles. The third-order valence-electron chi connectivity index (χ3n) is 4.28. The van der Waals surface area contributed by atoms with E-state index in [-0.39, 0.29) is 0 Å². The fourth-order valence-electron chi connectivity index (χ4n) is 2.97. The molecule has 2 aromatic rings. The topological polar surface area (TPSA) is 24.1 Å². The number of aryl methyl sites for hydroxylation is 1. The van der Waals surface area contributed by atoms with Gasteiger partial charge in [-0.1, -0.05) is 48.5 Å². The van der Waals surface area contributed by atoms with Gasteiger partial charge in [-0.05, 0) is 42.9 Å². The Balaban J connectivity index is 1.50. The van der Waals surface area contributed by atoms with Crippen LogP contribution >= 0.6 is 0 Å². The second kappa shape index (κ2) is 6.77. The van der Waals surface area contributed by atoms with Crippen LogP contribution in [0, 0.1) is 0 Å². The molecule has 21 heavy (non-hydrogen) atoms. The van der Waals surface area contributed by atoms with Gasteiger partial charge in [0.1, 0.15) is 0 Å². The minimum absolute atomic E-state index is 0.530. The van der Waals surface area contributed by atoms with Crippen molar-refractivity contribution in [1.29, 1.82) is 0 Å². The summed E-state index contributed by atoms with van der Waals surface area (Å²) in [4.78, 5) is 0. The highest BCUT2D eigenvalue weighted by Gasteiger charge is 2.13. The van der Waals surface area contributed by atoms with Gasteiger partial charge < -0.3 is 10.6 Å². The zero-order chi connectivity index (χ0) is 14.5. The highest BCUT2D eigenvalue weighted by Crippen LogP contribution is 2.26. The Labute approximate surface area is 127 Å². The van der Waals surface area contributed by atoms with Gasteiger partial charge in [-0.15, -0.1) is 0 Å². The molecule has 110 valence electrons. The zero-order valence-corrected chi connectivity index (χ0v) is 12.7. The SMILES string of the molecule is CC(CCc1ccccc1)NCc1cccc2c1NCC2. The number of hydrogen-bond acceptors (Lipinski definition) is 2. The Morgan fingerprint density at radius 1 is 1.10 bits per heavy atom. The Hall–Kier alpha value is -1.80. The normalized spacial score (nSPS) is 14.5. The van der Waals surface area contributed by atoms with E-state index >= 15 is 0 Å². The van der Waals surface area contributed by atoms with Gasteiger partial charge >= 0.3 is 0 Å². The van der Waals surface area contributed by atoms with Crippen LogP contribution in [0.3, 0.4) is 0 Å². The average molecular weight is 280 g/mol. The van der Waals surface area contributed by atoms with E-state index in [1.807, 2.05) is 0 Å². The molecular weight excluding hydrogens is 256 g/mol. The number of benzene rings is 2. The predicted octanol–water partition coefficient (Wildman–Crippen LogP) is 3.77. The summed E-state index contributed by atoms with van der Waals surface area (Å²) >= 11 is 0. The fourth-order valence-corrected chi connectivity index (χ4v) is 2.97. The van der Waals surface area contributed by atoms with Crippen LogP contribution in [0.4, 0.5) is 5.69 Å². The van der Waals surface area contributed by atoms with Crippen LogP contribution in [0.2, 0.25) is 0 Å². The van der Waals surface area contributed by atoms with Gasteiger partial charge in [-0.3, -0.25) is 0 Å². The van der Waals surface area contributed by atoms with Crippen LogP contribution in [0.15, 0.2) is 48.5 Å². The lowest BCUT2D eigenvalue weighted by Crippen LogP contribution is -2.26. The highest BCUT2D eigenvalue weighted by molar-refractivity contribution is 5.61. The monoisotopic (exact) mass is 280 g/mol. The first kappa shape index (κ1) is 14.2. The maximum absolute atomic E-state index is 3.66. The molecule has 0 aromatic heterocycles. The van der Waals surface area contributed by atoms with E-state index in [0.717, 1.165) is 25.9 Å². The first-order valence-corrected chi connectivity index (χ1v) is 7.95. The van der Waals surface area contributed by atoms with E-state index in [4.69, 9.17) is 0 Å². The van der Waals surface area contributed by atoms with Gasteiger partial charge in [0.2, 0.25) is 0 Å². The molecule has 2 aromatic carbocycles. The van der Waals surface area contributed by atoms with E-state index < -0.39 is 0 Å². The van der Waals surface area contributed by atoms with Gasteiger partial charge in [0.25, 0.3) is 0 Å². The van der Waals surface area contributed by atoms with Gasteiger partial charge in [-0.25, -0.2) is 0 Å². The van der Waals surface area contributed by atoms with Crippen LogP contribution in [0.5, 0.6) is 0 Å². The van der Waals surface area contributed by atoms with E-state index in [2.05, 4.69) is 66.1 Å². The summed E-state index contributed by atoms with van der Waals surface area (Å²) < 4.78 is 0. The second-order valence-electron chi connectivity index (χ2n) is 5.93. The molecule has 1 aliphatic heterocycles. The van der Waals surface area contributed by atoms with Crippen molar-refractivity contribution < 1.29 is 0 Å². The summed E-state index contributed by atoms with van der Waals surface area (Å²) in [5.41, 5.74) is 5.65. The maximum atomic E-state index is 3.66. The third kappa shape index (κ3) is 3.64. The Kier molecular flexibility index (Phi) is 4.56. The molecule has 1 heterocycles. The Morgan fingerprint density at radius 3 is 2.81 bits per heavy atom. The second-order valence-corrected chi connectivity index (χ2v) is 5.93. The van der Waals surface area contributed by atoms with Crippen LogP contribution in [-0.2, 0) is 19.4 Å². The standard InChI is InChI=1S/C19H24N2/c1-15(10-11-16-6-3-2-4-7-16)21-14-18-9-5-8-17-12-13-20-19(17)18/h2-9,15,20-21H,10-14H2,1H3. The molecule has 1 atom stereocenters. The number of anilines is 1. The van der Waals surface area contributed by atoms with E-state index in [1.165, 1.54) is 28.8 Å². The summed E-state index contributed by atoms with van der Waals surface area (Å²) in [5.74, 6) is 0. The van der Waals surface area contributed by atoms with Crippen LogP contribution in [0.1, 0.15) is 30.0 Å². The molecule has 1 aliphatic rings. The molecule has 0 bridgehead atoms. The van der Waals surface area contributed by atoms with Crippen molar-refractivity contribution in [2.24, 2.45) is 0 Å². The average Bonchev–Trinajstić information content (AvgIpc) is 3.01. The Bertz CT molecular complexity index is 577.